The first kappa shape index (κ1) is 30.6. The molecular weight excluding hydrogens is 595 g/mol. The quantitative estimate of drug-likeness (QED) is 0.180. The van der Waals surface area contributed by atoms with Crippen LogP contribution in [0.25, 0.3) is 22.2 Å². The molecule has 0 radical (unpaired) electrons. The van der Waals surface area contributed by atoms with Crippen LogP contribution in [0.1, 0.15) is 136 Å². The zero-order valence-corrected chi connectivity index (χ0v) is 29.9. The molecule has 47 heavy (non-hydrogen) atoms. The van der Waals surface area contributed by atoms with Crippen LogP contribution in [-0.2, 0) is 11.3 Å². The molecule has 1 saturated heterocycles. The van der Waals surface area contributed by atoms with Crippen molar-refractivity contribution in [3.05, 3.63) is 58.7 Å². The maximum Gasteiger partial charge on any atom is 0.231 e. The van der Waals surface area contributed by atoms with Crippen molar-refractivity contribution in [2.45, 2.75) is 123 Å². The molecule has 1 aromatic heterocycles. The predicted octanol–water partition coefficient (Wildman–Crippen LogP) is 10.2. The van der Waals surface area contributed by atoms with Crippen LogP contribution in [0.4, 0.5) is 0 Å². The number of likely N-dealkylation sites (tertiary alicyclic amines) is 1. The molecule has 0 spiro atoms. The number of nitrogens with zero attached hydrogens (tertiary/aromatic N) is 2. The smallest absolute Gasteiger partial charge is 0.231 e. The lowest BCUT2D eigenvalue weighted by atomic mass is 9.53. The summed E-state index contributed by atoms with van der Waals surface area (Å²) in [4.78, 5) is 31.0. The fourth-order valence-corrected chi connectivity index (χ4v) is 12.5. The number of aryl methyl sites for hydroxylation is 1. The summed E-state index contributed by atoms with van der Waals surface area (Å²) in [5.41, 5.74) is 9.69. The molecule has 5 unspecified atom stereocenters. The summed E-state index contributed by atoms with van der Waals surface area (Å²) in [6.45, 7) is 9.47. The molecule has 9 rings (SSSR count). The second-order valence-corrected chi connectivity index (χ2v) is 18.6. The van der Waals surface area contributed by atoms with Gasteiger partial charge in [-0.25, -0.2) is 0 Å². The van der Waals surface area contributed by atoms with Gasteiger partial charge in [-0.1, -0.05) is 81.8 Å². The molecule has 3 aromatic rings. The van der Waals surface area contributed by atoms with Gasteiger partial charge in [-0.3, -0.25) is 9.59 Å². The average Bonchev–Trinajstić information content (AvgIpc) is 3.59. The van der Waals surface area contributed by atoms with E-state index in [1.807, 2.05) is 0 Å². The fourth-order valence-electron chi connectivity index (χ4n) is 11.5. The SMILES string of the molecule is Cc1ccc2c(c1)C1CC1(C(=O)N1CC34CCCC3(CC4)C1)Cn1c-2c(C2CCCCC2)c2ccc(C(=O)PCCCC(C)C)cc21. The van der Waals surface area contributed by atoms with Gasteiger partial charge < -0.3 is 9.47 Å². The van der Waals surface area contributed by atoms with Gasteiger partial charge in [-0.05, 0) is 113 Å². The van der Waals surface area contributed by atoms with E-state index in [2.05, 4.69) is 66.6 Å². The van der Waals surface area contributed by atoms with Gasteiger partial charge in [0.2, 0.25) is 5.91 Å². The van der Waals surface area contributed by atoms with Gasteiger partial charge in [-0.15, -0.1) is 0 Å². The van der Waals surface area contributed by atoms with Crippen molar-refractivity contribution in [1.82, 2.24) is 9.47 Å². The molecule has 1 amide bonds. The monoisotopic (exact) mass is 648 g/mol. The number of fused-ring (bicyclic) bond motifs is 7. The van der Waals surface area contributed by atoms with Crippen LogP contribution in [0.5, 0.6) is 0 Å². The summed E-state index contributed by atoms with van der Waals surface area (Å²) >= 11 is 0. The Kier molecular flexibility index (Phi) is 7.18. The first-order valence-electron chi connectivity index (χ1n) is 19.1. The molecule has 2 aromatic carbocycles. The Morgan fingerprint density at radius 3 is 2.40 bits per heavy atom. The van der Waals surface area contributed by atoms with Crippen LogP contribution in [0, 0.1) is 29.1 Å². The first-order valence-corrected chi connectivity index (χ1v) is 20.3. The zero-order chi connectivity index (χ0) is 32.1. The zero-order valence-electron chi connectivity index (χ0n) is 28.9. The third kappa shape index (κ3) is 4.55. The predicted molar refractivity (Wildman–Crippen MR) is 194 cm³/mol. The Morgan fingerprint density at radius 1 is 0.915 bits per heavy atom. The van der Waals surface area contributed by atoms with Gasteiger partial charge in [0.25, 0.3) is 0 Å². The first-order chi connectivity index (χ1) is 22.7. The van der Waals surface area contributed by atoms with Crippen LogP contribution in [-0.4, -0.2) is 40.1 Å². The standard InChI is InChI=1S/C42H53N2O2P/c1-27(2)9-7-20-47-38(45)30-13-15-32-35(22-30)44-26-42(39(46)43-24-40-16-8-17-41(40,25-43)19-18-40)23-34(42)33-21-28(3)12-14-31(33)37(44)36(32)29-10-5-4-6-11-29/h12-15,21-22,27,29,34,47H,4-11,16-20,23-26H2,1-3H3. The summed E-state index contributed by atoms with van der Waals surface area (Å²) in [6, 6.07) is 13.7. The van der Waals surface area contributed by atoms with Crippen molar-refractivity contribution in [3.8, 4) is 11.3 Å². The summed E-state index contributed by atoms with van der Waals surface area (Å²) in [5.74, 6) is 1.92. The number of aromatic nitrogens is 1. The molecule has 4 nitrogen and oxygen atoms in total. The van der Waals surface area contributed by atoms with Crippen LogP contribution in [0.15, 0.2) is 36.4 Å². The van der Waals surface area contributed by atoms with Gasteiger partial charge in [-0.2, -0.15) is 0 Å². The molecule has 5 atom stereocenters. The second-order valence-electron chi connectivity index (χ2n) is 17.3. The highest BCUT2D eigenvalue weighted by Gasteiger charge is 2.70. The summed E-state index contributed by atoms with van der Waals surface area (Å²) in [6.07, 6.45) is 17.2. The fraction of sp³-hybridized carbons (Fsp3) is 0.619. The van der Waals surface area contributed by atoms with Gasteiger partial charge in [0.1, 0.15) is 0 Å². The topological polar surface area (TPSA) is 42.3 Å². The van der Waals surface area contributed by atoms with E-state index in [1.165, 1.54) is 109 Å². The lowest BCUT2D eigenvalue weighted by Gasteiger charge is -2.50. The van der Waals surface area contributed by atoms with Gasteiger partial charge in [0.05, 0.1) is 11.1 Å². The van der Waals surface area contributed by atoms with E-state index in [0.29, 0.717) is 42.7 Å². The Balaban J connectivity index is 1.16. The minimum atomic E-state index is -0.381. The lowest BCUT2D eigenvalue weighted by Crippen LogP contribution is -2.45. The summed E-state index contributed by atoms with van der Waals surface area (Å²) in [7, 11) is 0.330. The van der Waals surface area contributed by atoms with E-state index < -0.39 is 0 Å². The minimum Gasteiger partial charge on any atom is -0.341 e. The summed E-state index contributed by atoms with van der Waals surface area (Å²) < 4.78 is 2.57. The number of rotatable bonds is 8. The summed E-state index contributed by atoms with van der Waals surface area (Å²) in [5, 5.41) is 1.33. The highest BCUT2D eigenvalue weighted by atomic mass is 31.1. The van der Waals surface area contributed by atoms with Gasteiger partial charge in [0, 0.05) is 47.6 Å². The highest BCUT2D eigenvalue weighted by molar-refractivity contribution is 7.58. The maximum atomic E-state index is 15.0. The van der Waals surface area contributed by atoms with Gasteiger partial charge >= 0.3 is 0 Å². The van der Waals surface area contributed by atoms with Gasteiger partial charge in [0.15, 0.2) is 5.52 Å². The number of carbonyl (C=O) groups excluding carboxylic acids is 2. The number of hydrogen-bond acceptors (Lipinski definition) is 2. The minimum absolute atomic E-state index is 0.277. The molecule has 5 fully saturated rings. The molecule has 4 saturated carbocycles. The maximum absolute atomic E-state index is 15.0. The van der Waals surface area contributed by atoms with Crippen LogP contribution in [0.2, 0.25) is 0 Å². The third-order valence-corrected chi connectivity index (χ3v) is 15.4. The third-order valence-electron chi connectivity index (χ3n) is 14.2. The molecule has 5 heteroatoms. The van der Waals surface area contributed by atoms with Crippen LogP contribution in [0.3, 0.4) is 0 Å². The van der Waals surface area contributed by atoms with Crippen molar-refractivity contribution in [1.29, 1.82) is 0 Å². The highest BCUT2D eigenvalue weighted by Crippen LogP contribution is 2.72. The van der Waals surface area contributed by atoms with E-state index in [1.54, 1.807) is 0 Å². The number of hydrogen-bond donors (Lipinski definition) is 0. The van der Waals surface area contributed by atoms with E-state index >= 15 is 4.79 Å². The molecular formula is C42H53N2O2P. The number of benzene rings is 2. The van der Waals surface area contributed by atoms with Crippen LogP contribution < -0.4 is 0 Å². The Labute approximate surface area is 283 Å². The average molecular weight is 649 g/mol. The molecule has 0 N–H and O–H groups in total. The Hall–Kier alpha value is -2.45. The van der Waals surface area contributed by atoms with Crippen molar-refractivity contribution in [2.24, 2.45) is 22.2 Å². The number of amides is 1. The van der Waals surface area contributed by atoms with Crippen molar-refractivity contribution >= 4 is 30.9 Å². The van der Waals surface area contributed by atoms with E-state index in [0.717, 1.165) is 44.2 Å². The normalized spacial score (nSPS) is 31.0. The Morgan fingerprint density at radius 2 is 1.68 bits per heavy atom. The molecule has 3 heterocycles. The largest absolute Gasteiger partial charge is 0.341 e. The molecule has 6 aliphatic rings. The van der Waals surface area contributed by atoms with E-state index in [4.69, 9.17) is 0 Å². The molecule has 4 aliphatic carbocycles. The van der Waals surface area contributed by atoms with Crippen molar-refractivity contribution < 1.29 is 9.59 Å². The van der Waals surface area contributed by atoms with Crippen LogP contribution >= 0.6 is 8.58 Å². The molecule has 248 valence electrons. The van der Waals surface area contributed by atoms with E-state index in [-0.39, 0.29) is 11.3 Å². The molecule has 0 bridgehead atoms. The van der Waals surface area contributed by atoms with Crippen molar-refractivity contribution in [3.63, 3.8) is 0 Å². The Bertz CT molecular complexity index is 1760. The lowest BCUT2D eigenvalue weighted by molar-refractivity contribution is -0.137. The second kappa shape index (κ2) is 11.0. The number of carbonyl (C=O) groups is 2. The molecule has 2 aliphatic heterocycles. The van der Waals surface area contributed by atoms with E-state index in [9.17, 15) is 4.79 Å². The van der Waals surface area contributed by atoms with Crippen molar-refractivity contribution in [2.75, 3.05) is 19.3 Å².